The Labute approximate surface area is 95.9 Å². The number of hydrogen-bond acceptors (Lipinski definition) is 2. The summed E-state index contributed by atoms with van der Waals surface area (Å²) in [5.41, 5.74) is 0.858. The van der Waals surface area contributed by atoms with Crippen molar-refractivity contribution in [2.24, 2.45) is 0 Å². The van der Waals surface area contributed by atoms with Gasteiger partial charge in [0.1, 0.15) is 6.04 Å². The minimum absolute atomic E-state index is 0.0833. The van der Waals surface area contributed by atoms with E-state index >= 15 is 0 Å². The molecule has 0 bridgehead atoms. The summed E-state index contributed by atoms with van der Waals surface area (Å²) in [6.45, 7) is 6.10. The average Bonchev–Trinajstić information content (AvgIpc) is 2.14. The first kappa shape index (κ1) is 12.0. The van der Waals surface area contributed by atoms with Crippen LogP contribution in [0.15, 0.2) is 24.3 Å². The van der Waals surface area contributed by atoms with Crippen molar-refractivity contribution in [2.75, 3.05) is 0 Å². The summed E-state index contributed by atoms with van der Waals surface area (Å²) in [5, 5.41) is 13.0. The maximum atomic E-state index is 9.07. The van der Waals surface area contributed by atoms with Crippen molar-refractivity contribution in [1.29, 1.82) is 5.26 Å². The molecule has 15 heavy (non-hydrogen) atoms. The normalized spacial score (nSPS) is 13.3. The number of benzene rings is 1. The molecule has 0 heterocycles. The molecule has 1 aromatic rings. The van der Waals surface area contributed by atoms with Gasteiger partial charge in [-0.3, -0.25) is 5.32 Å². The van der Waals surface area contributed by atoms with Crippen LogP contribution in [-0.4, -0.2) is 5.54 Å². The Balaban J connectivity index is 2.85. The second-order valence-corrected chi connectivity index (χ2v) is 4.94. The van der Waals surface area contributed by atoms with Gasteiger partial charge in [-0.2, -0.15) is 5.26 Å². The van der Waals surface area contributed by atoms with Crippen molar-refractivity contribution in [3.05, 3.63) is 34.9 Å². The summed E-state index contributed by atoms with van der Waals surface area (Å²) in [7, 11) is 0. The van der Waals surface area contributed by atoms with E-state index in [2.05, 4.69) is 11.4 Å². The molecule has 0 amide bonds. The molecule has 1 aromatic carbocycles. The minimum Gasteiger partial charge on any atom is -0.293 e. The van der Waals surface area contributed by atoms with E-state index in [-0.39, 0.29) is 11.6 Å². The summed E-state index contributed by atoms with van der Waals surface area (Å²) in [4.78, 5) is 0. The van der Waals surface area contributed by atoms with E-state index in [9.17, 15) is 0 Å². The van der Waals surface area contributed by atoms with Crippen molar-refractivity contribution in [1.82, 2.24) is 5.32 Å². The monoisotopic (exact) mass is 222 g/mol. The van der Waals surface area contributed by atoms with Crippen LogP contribution in [0.4, 0.5) is 0 Å². The van der Waals surface area contributed by atoms with Crippen molar-refractivity contribution in [2.45, 2.75) is 32.4 Å². The molecule has 0 aromatic heterocycles. The number of rotatable bonds is 2. The highest BCUT2D eigenvalue weighted by Gasteiger charge is 2.17. The third-order valence-corrected chi connectivity index (χ3v) is 2.16. The smallest absolute Gasteiger partial charge is 0.121 e. The highest BCUT2D eigenvalue weighted by atomic mass is 35.5. The molecule has 0 saturated carbocycles. The largest absolute Gasteiger partial charge is 0.293 e. The van der Waals surface area contributed by atoms with Gasteiger partial charge in [-0.05, 0) is 38.5 Å². The Morgan fingerprint density at radius 3 is 2.20 bits per heavy atom. The standard InChI is InChI=1S/C12H15ClN2/c1-12(2,3)15-11(8-14)9-4-6-10(13)7-5-9/h4-7,11,15H,1-3H3. The van der Waals surface area contributed by atoms with Gasteiger partial charge in [0, 0.05) is 10.6 Å². The van der Waals surface area contributed by atoms with E-state index in [0.29, 0.717) is 5.02 Å². The van der Waals surface area contributed by atoms with Gasteiger partial charge in [0.05, 0.1) is 6.07 Å². The van der Waals surface area contributed by atoms with E-state index in [0.717, 1.165) is 5.56 Å². The van der Waals surface area contributed by atoms with Gasteiger partial charge >= 0.3 is 0 Å². The van der Waals surface area contributed by atoms with Gasteiger partial charge in [0.25, 0.3) is 0 Å². The van der Waals surface area contributed by atoms with Crippen LogP contribution in [0.1, 0.15) is 32.4 Å². The topological polar surface area (TPSA) is 35.8 Å². The maximum Gasteiger partial charge on any atom is 0.121 e. The molecule has 0 fully saturated rings. The quantitative estimate of drug-likeness (QED) is 0.834. The molecule has 3 heteroatoms. The molecule has 0 spiro atoms. The lowest BCUT2D eigenvalue weighted by atomic mass is 10.0. The van der Waals surface area contributed by atoms with Crippen molar-refractivity contribution in [3.8, 4) is 6.07 Å². The highest BCUT2D eigenvalue weighted by molar-refractivity contribution is 6.30. The predicted molar refractivity (Wildman–Crippen MR) is 62.7 cm³/mol. The first-order chi connectivity index (χ1) is 6.92. The first-order valence-electron chi connectivity index (χ1n) is 4.85. The number of halogens is 1. The van der Waals surface area contributed by atoms with Gasteiger partial charge in [-0.25, -0.2) is 0 Å². The molecule has 0 saturated heterocycles. The predicted octanol–water partition coefficient (Wildman–Crippen LogP) is 3.29. The van der Waals surface area contributed by atoms with Crippen LogP contribution >= 0.6 is 11.6 Å². The molecule has 0 aliphatic carbocycles. The molecular formula is C12H15ClN2. The Morgan fingerprint density at radius 2 is 1.80 bits per heavy atom. The van der Waals surface area contributed by atoms with Crippen LogP contribution in [0.2, 0.25) is 5.02 Å². The lowest BCUT2D eigenvalue weighted by Crippen LogP contribution is -2.38. The Hall–Kier alpha value is -1.04. The third kappa shape index (κ3) is 3.91. The lowest BCUT2D eigenvalue weighted by Gasteiger charge is -2.24. The van der Waals surface area contributed by atoms with Crippen molar-refractivity contribution in [3.63, 3.8) is 0 Å². The average molecular weight is 223 g/mol. The molecule has 1 rings (SSSR count). The molecule has 2 nitrogen and oxygen atoms in total. The van der Waals surface area contributed by atoms with Gasteiger partial charge in [0.2, 0.25) is 0 Å². The van der Waals surface area contributed by atoms with E-state index in [4.69, 9.17) is 16.9 Å². The maximum absolute atomic E-state index is 9.07. The molecule has 0 aliphatic rings. The van der Waals surface area contributed by atoms with E-state index < -0.39 is 0 Å². The fourth-order valence-electron chi connectivity index (χ4n) is 1.28. The van der Waals surface area contributed by atoms with Gasteiger partial charge < -0.3 is 0 Å². The lowest BCUT2D eigenvalue weighted by molar-refractivity contribution is 0.400. The zero-order chi connectivity index (χ0) is 11.5. The Morgan fingerprint density at radius 1 is 1.27 bits per heavy atom. The number of nitriles is 1. The zero-order valence-corrected chi connectivity index (χ0v) is 9.97. The number of hydrogen-bond donors (Lipinski definition) is 1. The highest BCUT2D eigenvalue weighted by Crippen LogP contribution is 2.18. The molecule has 0 aliphatic heterocycles. The first-order valence-corrected chi connectivity index (χ1v) is 5.23. The molecular weight excluding hydrogens is 208 g/mol. The third-order valence-electron chi connectivity index (χ3n) is 1.91. The number of nitrogens with zero attached hydrogens (tertiary/aromatic N) is 1. The Kier molecular flexibility index (Phi) is 3.73. The summed E-state index contributed by atoms with van der Waals surface area (Å²) < 4.78 is 0. The number of nitrogens with one attached hydrogen (secondary N) is 1. The minimum atomic E-state index is -0.290. The summed E-state index contributed by atoms with van der Waals surface area (Å²) in [6, 6.07) is 9.28. The fraction of sp³-hybridized carbons (Fsp3) is 0.417. The molecule has 1 atom stereocenters. The van der Waals surface area contributed by atoms with Gasteiger partial charge in [0.15, 0.2) is 0 Å². The molecule has 1 N–H and O–H groups in total. The molecule has 0 radical (unpaired) electrons. The van der Waals surface area contributed by atoms with Gasteiger partial charge in [-0.1, -0.05) is 23.7 Å². The van der Waals surface area contributed by atoms with Crippen LogP contribution in [-0.2, 0) is 0 Å². The zero-order valence-electron chi connectivity index (χ0n) is 9.21. The van der Waals surface area contributed by atoms with Crippen LogP contribution in [0.25, 0.3) is 0 Å². The van der Waals surface area contributed by atoms with E-state index in [1.165, 1.54) is 0 Å². The van der Waals surface area contributed by atoms with Crippen LogP contribution < -0.4 is 5.32 Å². The van der Waals surface area contributed by atoms with Crippen molar-refractivity contribution >= 4 is 11.6 Å². The van der Waals surface area contributed by atoms with Gasteiger partial charge in [-0.15, -0.1) is 0 Å². The van der Waals surface area contributed by atoms with Crippen LogP contribution in [0.5, 0.6) is 0 Å². The van der Waals surface area contributed by atoms with E-state index in [1.807, 2.05) is 32.9 Å². The molecule has 80 valence electrons. The van der Waals surface area contributed by atoms with Crippen LogP contribution in [0.3, 0.4) is 0 Å². The fourth-order valence-corrected chi connectivity index (χ4v) is 1.40. The summed E-state index contributed by atoms with van der Waals surface area (Å²) in [6.07, 6.45) is 0. The second-order valence-electron chi connectivity index (χ2n) is 4.51. The van der Waals surface area contributed by atoms with E-state index in [1.54, 1.807) is 12.1 Å². The van der Waals surface area contributed by atoms with Crippen molar-refractivity contribution < 1.29 is 0 Å². The Bertz CT molecular complexity index is 357. The van der Waals surface area contributed by atoms with Crippen LogP contribution in [0, 0.1) is 11.3 Å². The second kappa shape index (κ2) is 4.65. The summed E-state index contributed by atoms with van der Waals surface area (Å²) in [5.74, 6) is 0. The SMILES string of the molecule is CC(C)(C)NC(C#N)c1ccc(Cl)cc1. The summed E-state index contributed by atoms with van der Waals surface area (Å²) >= 11 is 5.79. The molecule has 1 unspecified atom stereocenters.